The predicted molar refractivity (Wildman–Crippen MR) is 84.6 cm³/mol. The Morgan fingerprint density at radius 2 is 1.91 bits per heavy atom. The van der Waals surface area contributed by atoms with Gasteiger partial charge in [0.1, 0.15) is 6.10 Å². The zero-order valence-electron chi connectivity index (χ0n) is 13.0. The number of aromatic nitrogens is 2. The van der Waals surface area contributed by atoms with Crippen LogP contribution in [0.1, 0.15) is 26.7 Å². The fourth-order valence-electron chi connectivity index (χ4n) is 2.73. The van der Waals surface area contributed by atoms with E-state index in [9.17, 15) is 4.79 Å². The van der Waals surface area contributed by atoms with E-state index in [2.05, 4.69) is 9.97 Å². The van der Waals surface area contributed by atoms with Gasteiger partial charge in [-0.15, -0.1) is 0 Å². The lowest BCUT2D eigenvalue weighted by molar-refractivity contribution is -0.136. The number of fused-ring (bicyclic) bond motifs is 1. The number of rotatable bonds is 3. The minimum atomic E-state index is 0.0591. The number of para-hydroxylation sites is 2. The van der Waals surface area contributed by atoms with E-state index in [4.69, 9.17) is 4.74 Å². The molecule has 1 aliphatic heterocycles. The highest BCUT2D eigenvalue weighted by Gasteiger charge is 2.25. The third-order valence-corrected chi connectivity index (χ3v) is 3.96. The van der Waals surface area contributed by atoms with Crippen LogP contribution >= 0.6 is 0 Å². The molecular formula is C17H21N3O2. The first kappa shape index (κ1) is 14.8. The van der Waals surface area contributed by atoms with Crippen molar-refractivity contribution in [2.45, 2.75) is 32.8 Å². The van der Waals surface area contributed by atoms with Crippen LogP contribution in [0.3, 0.4) is 0 Å². The Bertz CT molecular complexity index is 664. The van der Waals surface area contributed by atoms with Crippen molar-refractivity contribution >= 4 is 16.9 Å². The van der Waals surface area contributed by atoms with E-state index < -0.39 is 0 Å². The summed E-state index contributed by atoms with van der Waals surface area (Å²) in [5.41, 5.74) is 1.71. The second-order valence-electron chi connectivity index (χ2n) is 5.99. The van der Waals surface area contributed by atoms with E-state index in [1.54, 1.807) is 6.20 Å². The van der Waals surface area contributed by atoms with Gasteiger partial charge in [0, 0.05) is 31.8 Å². The maximum atomic E-state index is 12.0. The van der Waals surface area contributed by atoms with E-state index in [1.165, 1.54) is 0 Å². The molecule has 3 rings (SSSR count). The number of benzene rings is 1. The molecule has 0 atom stereocenters. The molecule has 1 saturated heterocycles. The van der Waals surface area contributed by atoms with Gasteiger partial charge in [-0.05, 0) is 12.1 Å². The molecule has 116 valence electrons. The summed E-state index contributed by atoms with van der Waals surface area (Å²) in [6, 6.07) is 7.75. The number of ether oxygens (including phenoxy) is 1. The lowest BCUT2D eigenvalue weighted by Gasteiger charge is -2.32. The molecule has 0 spiro atoms. The highest BCUT2D eigenvalue weighted by Crippen LogP contribution is 2.20. The molecule has 1 amide bonds. The Kier molecular flexibility index (Phi) is 4.22. The van der Waals surface area contributed by atoms with Crippen molar-refractivity contribution in [3.05, 3.63) is 30.5 Å². The Morgan fingerprint density at radius 1 is 1.23 bits per heavy atom. The van der Waals surface area contributed by atoms with Gasteiger partial charge in [0.25, 0.3) is 0 Å². The van der Waals surface area contributed by atoms with Crippen LogP contribution in [0.4, 0.5) is 0 Å². The minimum Gasteiger partial charge on any atom is -0.473 e. The van der Waals surface area contributed by atoms with Gasteiger partial charge in [0.15, 0.2) is 0 Å². The third-order valence-electron chi connectivity index (χ3n) is 3.96. The van der Waals surface area contributed by atoms with Crippen LogP contribution in [0, 0.1) is 5.92 Å². The van der Waals surface area contributed by atoms with Crippen molar-refractivity contribution < 1.29 is 9.53 Å². The highest BCUT2D eigenvalue weighted by molar-refractivity contribution is 5.78. The maximum Gasteiger partial charge on any atom is 0.233 e. The molecule has 1 aromatic heterocycles. The first-order chi connectivity index (χ1) is 10.6. The Balaban J connectivity index is 1.61. The van der Waals surface area contributed by atoms with Crippen molar-refractivity contribution in [1.82, 2.24) is 14.9 Å². The summed E-state index contributed by atoms with van der Waals surface area (Å²) in [5.74, 6) is 0.847. The van der Waals surface area contributed by atoms with Crippen molar-refractivity contribution in [3.63, 3.8) is 0 Å². The van der Waals surface area contributed by atoms with Crippen LogP contribution < -0.4 is 4.74 Å². The molecule has 0 radical (unpaired) electrons. The average Bonchev–Trinajstić information content (AvgIpc) is 2.55. The van der Waals surface area contributed by atoms with Gasteiger partial charge in [0.05, 0.1) is 17.2 Å². The first-order valence-electron chi connectivity index (χ1n) is 7.80. The van der Waals surface area contributed by atoms with Crippen LogP contribution in [0.15, 0.2) is 30.5 Å². The number of likely N-dealkylation sites (tertiary alicyclic amines) is 1. The largest absolute Gasteiger partial charge is 0.473 e. The van der Waals surface area contributed by atoms with Gasteiger partial charge in [-0.25, -0.2) is 9.97 Å². The monoisotopic (exact) mass is 299 g/mol. The third kappa shape index (κ3) is 3.18. The molecule has 5 heteroatoms. The molecule has 1 aromatic carbocycles. The second kappa shape index (κ2) is 6.30. The molecule has 22 heavy (non-hydrogen) atoms. The maximum absolute atomic E-state index is 12.0. The molecule has 2 aromatic rings. The predicted octanol–water partition coefficient (Wildman–Crippen LogP) is 2.66. The first-order valence-corrected chi connectivity index (χ1v) is 7.80. The Morgan fingerprint density at radius 3 is 2.59 bits per heavy atom. The standard InChI is InChI=1S/C17H21N3O2/c1-12(2)17(21)20-9-7-13(8-10-20)22-16-11-18-14-5-3-4-6-15(14)19-16/h3-6,11-13H,7-10H2,1-2H3. The zero-order valence-corrected chi connectivity index (χ0v) is 13.0. The normalized spacial score (nSPS) is 16.2. The molecule has 1 fully saturated rings. The van der Waals surface area contributed by atoms with Crippen LogP contribution in [-0.2, 0) is 4.79 Å². The number of carbonyl (C=O) groups excluding carboxylic acids is 1. The Labute approximate surface area is 130 Å². The zero-order chi connectivity index (χ0) is 15.5. The van der Waals surface area contributed by atoms with Crippen molar-refractivity contribution in [1.29, 1.82) is 0 Å². The molecular weight excluding hydrogens is 278 g/mol. The number of nitrogens with zero attached hydrogens (tertiary/aromatic N) is 3. The number of hydrogen-bond acceptors (Lipinski definition) is 4. The Hall–Kier alpha value is -2.17. The quantitative estimate of drug-likeness (QED) is 0.874. The van der Waals surface area contributed by atoms with E-state index in [0.29, 0.717) is 5.88 Å². The van der Waals surface area contributed by atoms with Gasteiger partial charge in [-0.2, -0.15) is 0 Å². The van der Waals surface area contributed by atoms with Gasteiger partial charge in [0.2, 0.25) is 11.8 Å². The summed E-state index contributed by atoms with van der Waals surface area (Å²) in [5, 5.41) is 0. The summed E-state index contributed by atoms with van der Waals surface area (Å²) in [6.45, 7) is 5.39. The smallest absolute Gasteiger partial charge is 0.233 e. The number of amides is 1. The van der Waals surface area contributed by atoms with Crippen LogP contribution in [-0.4, -0.2) is 40.0 Å². The van der Waals surface area contributed by atoms with E-state index in [-0.39, 0.29) is 17.9 Å². The second-order valence-corrected chi connectivity index (χ2v) is 5.99. The SMILES string of the molecule is CC(C)C(=O)N1CCC(Oc2cnc3ccccc3n2)CC1. The van der Waals surface area contributed by atoms with Gasteiger partial charge < -0.3 is 9.64 Å². The molecule has 5 nitrogen and oxygen atoms in total. The summed E-state index contributed by atoms with van der Waals surface area (Å²) in [6.07, 6.45) is 3.46. The molecule has 2 heterocycles. The summed E-state index contributed by atoms with van der Waals surface area (Å²) in [4.78, 5) is 22.7. The van der Waals surface area contributed by atoms with Gasteiger partial charge >= 0.3 is 0 Å². The lowest BCUT2D eigenvalue weighted by Crippen LogP contribution is -2.43. The van der Waals surface area contributed by atoms with Gasteiger partial charge in [-0.1, -0.05) is 26.0 Å². The fraction of sp³-hybridized carbons (Fsp3) is 0.471. The lowest BCUT2D eigenvalue weighted by atomic mass is 10.1. The van der Waals surface area contributed by atoms with Crippen molar-refractivity contribution in [2.24, 2.45) is 5.92 Å². The van der Waals surface area contributed by atoms with E-state index in [0.717, 1.165) is 37.0 Å². The molecule has 0 bridgehead atoms. The van der Waals surface area contributed by atoms with Crippen molar-refractivity contribution in [2.75, 3.05) is 13.1 Å². The summed E-state index contributed by atoms with van der Waals surface area (Å²) < 4.78 is 5.94. The van der Waals surface area contributed by atoms with E-state index >= 15 is 0 Å². The van der Waals surface area contributed by atoms with Crippen LogP contribution in [0.5, 0.6) is 5.88 Å². The number of hydrogen-bond donors (Lipinski definition) is 0. The molecule has 0 saturated carbocycles. The number of carbonyl (C=O) groups is 1. The summed E-state index contributed by atoms with van der Waals surface area (Å²) >= 11 is 0. The fourth-order valence-corrected chi connectivity index (χ4v) is 2.73. The highest BCUT2D eigenvalue weighted by atomic mass is 16.5. The average molecular weight is 299 g/mol. The topological polar surface area (TPSA) is 55.3 Å². The van der Waals surface area contributed by atoms with Gasteiger partial charge in [-0.3, -0.25) is 4.79 Å². The van der Waals surface area contributed by atoms with E-state index in [1.807, 2.05) is 43.0 Å². The molecule has 0 N–H and O–H groups in total. The minimum absolute atomic E-state index is 0.0591. The molecule has 1 aliphatic rings. The van der Waals surface area contributed by atoms with Crippen molar-refractivity contribution in [3.8, 4) is 5.88 Å². The molecule has 0 unspecified atom stereocenters. The van der Waals surface area contributed by atoms with Crippen LogP contribution in [0.25, 0.3) is 11.0 Å². The molecule has 0 aliphatic carbocycles. The number of piperidine rings is 1. The van der Waals surface area contributed by atoms with Crippen LogP contribution in [0.2, 0.25) is 0 Å². The summed E-state index contributed by atoms with van der Waals surface area (Å²) in [7, 11) is 0.